The van der Waals surface area contributed by atoms with Gasteiger partial charge in [-0.25, -0.2) is 0 Å². The van der Waals surface area contributed by atoms with Crippen molar-refractivity contribution in [1.29, 1.82) is 0 Å². The van der Waals surface area contributed by atoms with Crippen LogP contribution in [0.2, 0.25) is 0 Å². The van der Waals surface area contributed by atoms with Gasteiger partial charge >= 0.3 is 0 Å². The van der Waals surface area contributed by atoms with Crippen molar-refractivity contribution < 1.29 is 28.9 Å². The fourth-order valence-corrected chi connectivity index (χ4v) is 8.76. The Morgan fingerprint density at radius 2 is 1.25 bits per heavy atom. The van der Waals surface area contributed by atoms with Crippen LogP contribution in [0.5, 0.6) is 0 Å². The molecule has 7 aromatic carbocycles. The number of hydrogen-bond acceptors (Lipinski definition) is 4. The molecule has 11 aromatic rings. The summed E-state index contributed by atoms with van der Waals surface area (Å²) in [7, 11) is 0. The van der Waals surface area contributed by atoms with Crippen LogP contribution in [0, 0.1) is 12.1 Å². The molecular weight excluding hydrogens is 963 g/mol. The zero-order valence-electron chi connectivity index (χ0n) is 37.2. The molecule has 4 heterocycles. The van der Waals surface area contributed by atoms with E-state index in [0.29, 0.717) is 0 Å². The zero-order valence-corrected chi connectivity index (χ0v) is 39.6. The first-order valence-corrected chi connectivity index (χ1v) is 21.9. The average Bonchev–Trinajstić information content (AvgIpc) is 3.99. The summed E-state index contributed by atoms with van der Waals surface area (Å²) in [6, 6.07) is 59.2. The van der Waals surface area contributed by atoms with E-state index < -0.39 is 0 Å². The molecule has 0 aliphatic heterocycles. The second-order valence-corrected chi connectivity index (χ2v) is 18.0. The zero-order chi connectivity index (χ0) is 43.4. The molecule has 5 nitrogen and oxygen atoms in total. The van der Waals surface area contributed by atoms with E-state index in [1.807, 2.05) is 54.7 Å². The quantitative estimate of drug-likeness (QED) is 0.156. The number of furan rings is 2. The summed E-state index contributed by atoms with van der Waals surface area (Å²) in [5, 5.41) is 4.16. The molecule has 0 bridgehead atoms. The molecule has 0 aliphatic rings. The second kappa shape index (κ2) is 17.2. The third-order valence-corrected chi connectivity index (χ3v) is 12.1. The molecule has 6 heteroatoms. The van der Waals surface area contributed by atoms with Gasteiger partial charge in [0.1, 0.15) is 16.7 Å². The molecule has 0 spiro atoms. The van der Waals surface area contributed by atoms with Gasteiger partial charge in [-0.2, -0.15) is 0 Å². The van der Waals surface area contributed by atoms with E-state index in [1.165, 1.54) is 33.5 Å². The number of aromatic nitrogens is 3. The van der Waals surface area contributed by atoms with Gasteiger partial charge in [-0.3, -0.25) is 4.98 Å². The van der Waals surface area contributed by atoms with Crippen LogP contribution in [0.25, 0.3) is 94.4 Å². The predicted octanol–water partition coefficient (Wildman–Crippen LogP) is 16.0. The van der Waals surface area contributed by atoms with Gasteiger partial charge in [-0.05, 0) is 99.3 Å². The molecule has 4 aromatic heterocycles. The second-order valence-electron chi connectivity index (χ2n) is 18.0. The van der Waals surface area contributed by atoms with E-state index >= 15 is 0 Å². The van der Waals surface area contributed by atoms with Crippen molar-refractivity contribution in [3.05, 3.63) is 187 Å². The summed E-state index contributed by atoms with van der Waals surface area (Å²) in [5.74, 6) is 1.37. The first-order valence-electron chi connectivity index (χ1n) is 21.9. The predicted molar refractivity (Wildman–Crippen MR) is 261 cm³/mol. The molecule has 0 saturated carbocycles. The Kier molecular flexibility index (Phi) is 11.5. The number of imidazole rings is 1. The number of rotatable bonds is 6. The van der Waals surface area contributed by atoms with E-state index in [1.54, 1.807) is 0 Å². The Labute approximate surface area is 388 Å². The SMILES string of the molecule is CC(C)(C)c1ccnc(-c2[c-]cccc2)c1.CC(C)c1cc(-c2ccccc2)cc(C(C)C)c1-n1c(-c2[c-]ccc3c2oc2cc4c(cc23)oc2ccccc24)nc2ccccc21.[Ir]. The molecule has 0 aliphatic carbocycles. The van der Waals surface area contributed by atoms with Crippen molar-refractivity contribution in [2.24, 2.45) is 0 Å². The molecule has 0 N–H and O–H groups in total. The van der Waals surface area contributed by atoms with Crippen LogP contribution in [0.3, 0.4) is 0 Å². The molecule has 0 unspecified atom stereocenters. The minimum Gasteiger partial charge on any atom is -0.501 e. The maximum atomic E-state index is 6.76. The standard InChI is InChI=1S/C43H33N2O2.C15H16N.Ir/c1-25(2)32-21-28(27-13-6-5-7-14-27)22-33(26(3)4)41(32)45-37-19-10-9-18-36(37)44-43(45)31-17-12-16-30-35-24-39-34(23-40(35)47-42(30)31)29-15-8-11-20-38(29)46-39;1-15(2,3)13-9-10-16-14(11-13)12-7-5-4-6-8-12;/h5-16,18-26H,1-4H3;4-7,9-11H,1-3H3;/q2*-1;. The van der Waals surface area contributed by atoms with E-state index in [4.69, 9.17) is 13.8 Å². The van der Waals surface area contributed by atoms with Crippen LogP contribution in [0.1, 0.15) is 77.0 Å². The van der Waals surface area contributed by atoms with Crippen molar-refractivity contribution in [2.45, 2.75) is 65.7 Å². The normalized spacial score (nSPS) is 11.8. The number of pyridine rings is 1. The Bertz CT molecular complexity index is 3410. The smallest absolute Gasteiger partial charge is 0.136 e. The van der Waals surface area contributed by atoms with Gasteiger partial charge in [0.05, 0.1) is 22.4 Å². The fraction of sp³-hybridized carbons (Fsp3) is 0.172. The Balaban J connectivity index is 0.000000258. The van der Waals surface area contributed by atoms with Crippen molar-refractivity contribution in [2.75, 3.05) is 0 Å². The minimum atomic E-state index is 0. The Morgan fingerprint density at radius 3 is 1.97 bits per heavy atom. The van der Waals surface area contributed by atoms with Crippen molar-refractivity contribution in [1.82, 2.24) is 14.5 Å². The summed E-state index contributed by atoms with van der Waals surface area (Å²) in [6.45, 7) is 15.7. The Morgan fingerprint density at radius 1 is 0.578 bits per heavy atom. The van der Waals surface area contributed by atoms with E-state index in [-0.39, 0.29) is 37.4 Å². The summed E-state index contributed by atoms with van der Waals surface area (Å²) in [4.78, 5) is 9.69. The molecular formula is C58H49IrN3O2-2. The van der Waals surface area contributed by atoms with Crippen molar-refractivity contribution in [3.63, 3.8) is 0 Å². The van der Waals surface area contributed by atoms with E-state index in [9.17, 15) is 0 Å². The van der Waals surface area contributed by atoms with Crippen LogP contribution in [-0.2, 0) is 25.5 Å². The van der Waals surface area contributed by atoms with Gasteiger partial charge in [-0.15, -0.1) is 54.1 Å². The number of nitrogens with zero attached hydrogens (tertiary/aromatic N) is 3. The minimum absolute atomic E-state index is 0. The molecule has 319 valence electrons. The largest absolute Gasteiger partial charge is 0.501 e. The third-order valence-electron chi connectivity index (χ3n) is 12.1. The van der Waals surface area contributed by atoms with Gasteiger partial charge in [0, 0.05) is 48.1 Å². The van der Waals surface area contributed by atoms with E-state index in [0.717, 1.165) is 77.6 Å². The van der Waals surface area contributed by atoms with Gasteiger partial charge in [-0.1, -0.05) is 126 Å². The number of hydrogen-bond donors (Lipinski definition) is 0. The topological polar surface area (TPSA) is 57.0 Å². The number of benzene rings is 7. The average molecular weight is 1010 g/mol. The molecule has 0 saturated heterocycles. The summed E-state index contributed by atoms with van der Waals surface area (Å²) in [6.07, 6.45) is 1.87. The van der Waals surface area contributed by atoms with Gasteiger partial charge < -0.3 is 18.4 Å². The van der Waals surface area contributed by atoms with E-state index in [2.05, 4.69) is 173 Å². The van der Waals surface area contributed by atoms with Crippen LogP contribution in [-0.4, -0.2) is 14.5 Å². The maximum absolute atomic E-state index is 6.76. The van der Waals surface area contributed by atoms with Gasteiger partial charge in [0.15, 0.2) is 0 Å². The van der Waals surface area contributed by atoms with Crippen molar-refractivity contribution in [3.8, 4) is 39.5 Å². The number of para-hydroxylation sites is 3. The molecule has 0 amide bonds. The molecule has 64 heavy (non-hydrogen) atoms. The Hall–Kier alpha value is -6.59. The van der Waals surface area contributed by atoms with Gasteiger partial charge in [0.25, 0.3) is 0 Å². The van der Waals surface area contributed by atoms with Crippen molar-refractivity contribution >= 4 is 54.9 Å². The fourth-order valence-electron chi connectivity index (χ4n) is 8.76. The van der Waals surface area contributed by atoms with Crippen LogP contribution >= 0.6 is 0 Å². The van der Waals surface area contributed by atoms with Crippen LogP contribution in [0.4, 0.5) is 0 Å². The molecule has 1 radical (unpaired) electrons. The summed E-state index contributed by atoms with van der Waals surface area (Å²) in [5.41, 5.74) is 15.9. The monoisotopic (exact) mass is 1010 g/mol. The first-order chi connectivity index (χ1) is 30.5. The summed E-state index contributed by atoms with van der Waals surface area (Å²) >= 11 is 0. The third kappa shape index (κ3) is 7.76. The first kappa shape index (κ1) is 42.7. The maximum Gasteiger partial charge on any atom is 0.136 e. The van der Waals surface area contributed by atoms with Crippen LogP contribution in [0.15, 0.2) is 167 Å². The van der Waals surface area contributed by atoms with Crippen LogP contribution < -0.4 is 0 Å². The molecule has 11 rings (SSSR count). The van der Waals surface area contributed by atoms with Gasteiger partial charge in [0.2, 0.25) is 0 Å². The molecule has 0 fully saturated rings. The number of fused-ring (bicyclic) bond motifs is 7. The summed E-state index contributed by atoms with van der Waals surface area (Å²) < 4.78 is 15.4. The molecule has 0 atom stereocenters.